The molecule has 1 aliphatic rings. The smallest absolute Gasteiger partial charge is 0.410 e. The number of hydrogen-bond donors (Lipinski definition) is 0. The summed E-state index contributed by atoms with van der Waals surface area (Å²) in [7, 11) is 0. The fourth-order valence-corrected chi connectivity index (χ4v) is 1.37. The Balaban J connectivity index is 2.02. The zero-order valence-corrected chi connectivity index (χ0v) is 7.27. The van der Waals surface area contributed by atoms with Gasteiger partial charge in [0.2, 0.25) is 0 Å². The average Bonchev–Trinajstić information content (AvgIpc) is 2.54. The molecule has 0 radical (unpaired) electrons. The molecule has 2 rings (SSSR count). The van der Waals surface area contributed by atoms with Crippen LogP contribution >= 0.6 is 0 Å². The van der Waals surface area contributed by atoms with Gasteiger partial charge in [-0.1, -0.05) is 30.3 Å². The molecule has 1 fully saturated rings. The number of cyclic esters (lactones) is 1. The molecule has 3 nitrogen and oxygen atoms in total. The van der Waals surface area contributed by atoms with E-state index in [9.17, 15) is 4.79 Å². The van der Waals surface area contributed by atoms with Crippen LogP contribution in [0, 0.1) is 0 Å². The maximum Gasteiger partial charge on any atom is 0.410 e. The number of benzene rings is 1. The Kier molecular flexibility index (Phi) is 2.17. The molecule has 0 unspecified atom stereocenters. The van der Waals surface area contributed by atoms with Gasteiger partial charge in [0, 0.05) is 6.54 Å². The molecule has 1 heterocycles. The van der Waals surface area contributed by atoms with Crippen LogP contribution in [0.25, 0.3) is 0 Å². The zero-order chi connectivity index (χ0) is 9.10. The molecule has 13 heavy (non-hydrogen) atoms. The Morgan fingerprint density at radius 1 is 1.31 bits per heavy atom. The highest BCUT2D eigenvalue weighted by Crippen LogP contribution is 2.09. The first kappa shape index (κ1) is 8.10. The number of amides is 1. The maximum atomic E-state index is 11.1. The molecular weight excluding hydrogens is 166 g/mol. The largest absolute Gasteiger partial charge is 0.448 e. The third-order valence-electron chi connectivity index (χ3n) is 2.06. The van der Waals surface area contributed by atoms with Crippen molar-refractivity contribution in [1.82, 2.24) is 4.90 Å². The van der Waals surface area contributed by atoms with E-state index in [0.717, 1.165) is 5.56 Å². The number of nitrogens with zero attached hydrogens (tertiary/aromatic N) is 1. The van der Waals surface area contributed by atoms with E-state index in [1.165, 1.54) is 0 Å². The number of carbonyl (C=O) groups excluding carboxylic acids is 1. The van der Waals surface area contributed by atoms with Crippen LogP contribution in [-0.4, -0.2) is 24.1 Å². The van der Waals surface area contributed by atoms with Gasteiger partial charge in [-0.05, 0) is 5.56 Å². The van der Waals surface area contributed by atoms with Crippen LogP contribution in [0.3, 0.4) is 0 Å². The van der Waals surface area contributed by atoms with Gasteiger partial charge in [0.1, 0.15) is 6.61 Å². The third-order valence-corrected chi connectivity index (χ3v) is 2.06. The molecule has 0 bridgehead atoms. The maximum absolute atomic E-state index is 11.1. The van der Waals surface area contributed by atoms with Gasteiger partial charge in [0.05, 0.1) is 6.54 Å². The fraction of sp³-hybridized carbons (Fsp3) is 0.300. The third kappa shape index (κ3) is 1.80. The van der Waals surface area contributed by atoms with Crippen LogP contribution in [0.5, 0.6) is 0 Å². The van der Waals surface area contributed by atoms with Crippen LogP contribution < -0.4 is 0 Å². The monoisotopic (exact) mass is 177 g/mol. The van der Waals surface area contributed by atoms with E-state index < -0.39 is 0 Å². The van der Waals surface area contributed by atoms with Crippen molar-refractivity contribution in [2.45, 2.75) is 6.54 Å². The second kappa shape index (κ2) is 3.47. The first-order chi connectivity index (χ1) is 6.36. The average molecular weight is 177 g/mol. The summed E-state index contributed by atoms with van der Waals surface area (Å²) in [5.74, 6) is 0. The Bertz CT molecular complexity index is 297. The summed E-state index contributed by atoms with van der Waals surface area (Å²) in [6.45, 7) is 1.87. The standard InChI is InChI=1S/C10H11NO2/c12-10-11(6-7-13-10)8-9-4-2-1-3-5-9/h1-5H,6-8H2. The molecule has 0 saturated carbocycles. The molecule has 1 amide bonds. The van der Waals surface area contributed by atoms with Crippen LogP contribution in [-0.2, 0) is 11.3 Å². The van der Waals surface area contributed by atoms with Crippen molar-refractivity contribution < 1.29 is 9.53 Å². The highest BCUT2D eigenvalue weighted by atomic mass is 16.6. The summed E-state index contributed by atoms with van der Waals surface area (Å²) in [5, 5.41) is 0. The van der Waals surface area contributed by atoms with Crippen LogP contribution in [0.15, 0.2) is 30.3 Å². The molecule has 1 aromatic rings. The summed E-state index contributed by atoms with van der Waals surface area (Å²) in [6.07, 6.45) is -0.205. The minimum atomic E-state index is -0.205. The second-order valence-electron chi connectivity index (χ2n) is 3.02. The molecule has 0 N–H and O–H groups in total. The van der Waals surface area contributed by atoms with Crippen LogP contribution in [0.4, 0.5) is 4.79 Å². The Labute approximate surface area is 76.9 Å². The molecule has 1 aromatic carbocycles. The predicted octanol–water partition coefficient (Wildman–Crippen LogP) is 1.64. The van der Waals surface area contributed by atoms with Crippen molar-refractivity contribution in [3.63, 3.8) is 0 Å². The molecule has 3 heteroatoms. The lowest BCUT2D eigenvalue weighted by molar-refractivity contribution is 0.157. The SMILES string of the molecule is O=C1OCCN1Cc1ccccc1. The van der Waals surface area contributed by atoms with E-state index >= 15 is 0 Å². The lowest BCUT2D eigenvalue weighted by Gasteiger charge is -2.11. The Hall–Kier alpha value is -1.51. The quantitative estimate of drug-likeness (QED) is 0.687. The van der Waals surface area contributed by atoms with Gasteiger partial charge in [0.25, 0.3) is 0 Å². The lowest BCUT2D eigenvalue weighted by atomic mass is 10.2. The van der Waals surface area contributed by atoms with E-state index in [0.29, 0.717) is 19.7 Å². The predicted molar refractivity (Wildman–Crippen MR) is 48.2 cm³/mol. The van der Waals surface area contributed by atoms with Crippen molar-refractivity contribution >= 4 is 6.09 Å². The summed E-state index contributed by atoms with van der Waals surface area (Å²) in [4.78, 5) is 12.8. The van der Waals surface area contributed by atoms with Gasteiger partial charge >= 0.3 is 6.09 Å². The summed E-state index contributed by atoms with van der Waals surface area (Å²) < 4.78 is 4.82. The molecule has 1 aliphatic heterocycles. The topological polar surface area (TPSA) is 29.5 Å². The first-order valence-electron chi connectivity index (χ1n) is 4.32. The molecular formula is C10H11NO2. The van der Waals surface area contributed by atoms with Gasteiger partial charge in [-0.25, -0.2) is 4.79 Å². The zero-order valence-electron chi connectivity index (χ0n) is 7.27. The van der Waals surface area contributed by atoms with Crippen molar-refractivity contribution in [2.75, 3.05) is 13.2 Å². The number of carbonyl (C=O) groups is 1. The number of hydrogen-bond acceptors (Lipinski definition) is 2. The van der Waals surface area contributed by atoms with E-state index in [4.69, 9.17) is 4.74 Å². The highest BCUT2D eigenvalue weighted by Gasteiger charge is 2.21. The second-order valence-corrected chi connectivity index (χ2v) is 3.02. The van der Waals surface area contributed by atoms with Gasteiger partial charge in [-0.2, -0.15) is 0 Å². The Morgan fingerprint density at radius 3 is 2.69 bits per heavy atom. The minimum absolute atomic E-state index is 0.205. The number of rotatable bonds is 2. The van der Waals surface area contributed by atoms with Crippen LogP contribution in [0.1, 0.15) is 5.56 Å². The minimum Gasteiger partial charge on any atom is -0.448 e. The number of ether oxygens (including phenoxy) is 1. The normalized spacial score (nSPS) is 16.0. The summed E-state index contributed by atoms with van der Waals surface area (Å²) >= 11 is 0. The van der Waals surface area contributed by atoms with Gasteiger partial charge in [-0.15, -0.1) is 0 Å². The lowest BCUT2D eigenvalue weighted by Crippen LogP contribution is -2.23. The van der Waals surface area contributed by atoms with E-state index in [1.54, 1.807) is 4.90 Å². The highest BCUT2D eigenvalue weighted by molar-refractivity contribution is 5.69. The van der Waals surface area contributed by atoms with Crippen LogP contribution in [0.2, 0.25) is 0 Å². The fourth-order valence-electron chi connectivity index (χ4n) is 1.37. The van der Waals surface area contributed by atoms with Crippen molar-refractivity contribution in [3.05, 3.63) is 35.9 Å². The molecule has 0 atom stereocenters. The Morgan fingerprint density at radius 2 is 2.08 bits per heavy atom. The van der Waals surface area contributed by atoms with Crippen molar-refractivity contribution in [2.24, 2.45) is 0 Å². The van der Waals surface area contributed by atoms with E-state index in [-0.39, 0.29) is 6.09 Å². The molecule has 0 spiro atoms. The van der Waals surface area contributed by atoms with Gasteiger partial charge < -0.3 is 9.64 Å². The molecule has 1 saturated heterocycles. The summed E-state index contributed by atoms with van der Waals surface area (Å²) in [5.41, 5.74) is 1.14. The van der Waals surface area contributed by atoms with Crippen molar-refractivity contribution in [1.29, 1.82) is 0 Å². The first-order valence-corrected chi connectivity index (χ1v) is 4.32. The van der Waals surface area contributed by atoms with Gasteiger partial charge in [-0.3, -0.25) is 0 Å². The van der Waals surface area contributed by atoms with Crippen molar-refractivity contribution in [3.8, 4) is 0 Å². The molecule has 0 aromatic heterocycles. The van der Waals surface area contributed by atoms with E-state index in [1.807, 2.05) is 30.3 Å². The molecule has 0 aliphatic carbocycles. The molecule has 68 valence electrons. The van der Waals surface area contributed by atoms with E-state index in [2.05, 4.69) is 0 Å². The summed E-state index contributed by atoms with van der Waals surface area (Å²) in [6, 6.07) is 9.91. The van der Waals surface area contributed by atoms with Gasteiger partial charge in [0.15, 0.2) is 0 Å².